The van der Waals surface area contributed by atoms with E-state index in [-0.39, 0.29) is 5.75 Å². The van der Waals surface area contributed by atoms with Crippen LogP contribution in [0.1, 0.15) is 32.3 Å². The maximum absolute atomic E-state index is 12.9. The van der Waals surface area contributed by atoms with E-state index in [1.165, 1.54) is 0 Å². The van der Waals surface area contributed by atoms with Crippen molar-refractivity contribution in [2.75, 3.05) is 27.3 Å². The number of phenolic OH excluding ortho intramolecular Hbond substituents is 1. The number of methoxy groups -OCH3 is 2. The zero-order valence-corrected chi connectivity index (χ0v) is 18.0. The number of ether oxygens (including phenoxy) is 2. The zero-order valence-electron chi connectivity index (χ0n) is 18.0. The van der Waals surface area contributed by atoms with Crippen LogP contribution in [0.2, 0.25) is 0 Å². The SMILES string of the molecule is CCCN(CCC)Cc1c(O)ccc2cc(-c3ccc(OC)cc3OC)c(=O)oc12. The van der Waals surface area contributed by atoms with Crippen LogP contribution in [0.4, 0.5) is 0 Å². The molecule has 1 aromatic heterocycles. The van der Waals surface area contributed by atoms with Crippen molar-refractivity contribution >= 4 is 11.0 Å². The summed E-state index contributed by atoms with van der Waals surface area (Å²) in [6.07, 6.45) is 2.02. The number of hydrogen-bond donors (Lipinski definition) is 1. The third-order valence-corrected chi connectivity index (χ3v) is 5.14. The molecule has 0 aliphatic heterocycles. The summed E-state index contributed by atoms with van der Waals surface area (Å²) in [7, 11) is 3.13. The molecule has 6 nitrogen and oxygen atoms in total. The molecule has 1 heterocycles. The first kappa shape index (κ1) is 21.7. The third-order valence-electron chi connectivity index (χ3n) is 5.14. The van der Waals surface area contributed by atoms with Gasteiger partial charge >= 0.3 is 5.63 Å². The van der Waals surface area contributed by atoms with Gasteiger partial charge in [-0.05, 0) is 56.3 Å². The molecule has 0 unspecified atom stereocenters. The fourth-order valence-electron chi connectivity index (χ4n) is 3.72. The van der Waals surface area contributed by atoms with Gasteiger partial charge in [-0.25, -0.2) is 4.79 Å². The summed E-state index contributed by atoms with van der Waals surface area (Å²) >= 11 is 0. The molecule has 2 aromatic carbocycles. The van der Waals surface area contributed by atoms with E-state index in [1.807, 2.05) is 0 Å². The molecule has 0 aliphatic carbocycles. The zero-order chi connectivity index (χ0) is 21.7. The van der Waals surface area contributed by atoms with E-state index in [0.717, 1.165) is 31.3 Å². The standard InChI is InChI=1S/C24H29NO5/c1-5-11-25(12-6-2)15-20-21(26)10-7-16-13-19(24(27)30-23(16)20)18-9-8-17(28-3)14-22(18)29-4/h7-10,13-14,26H,5-6,11-12,15H2,1-4H3. The number of benzene rings is 2. The second kappa shape index (κ2) is 9.67. The van der Waals surface area contributed by atoms with Gasteiger partial charge in [0.15, 0.2) is 0 Å². The topological polar surface area (TPSA) is 72.1 Å². The molecule has 0 amide bonds. The Balaban J connectivity index is 2.12. The normalized spacial score (nSPS) is 11.2. The first-order chi connectivity index (χ1) is 14.5. The minimum Gasteiger partial charge on any atom is -0.507 e. The fourth-order valence-corrected chi connectivity index (χ4v) is 3.72. The van der Waals surface area contributed by atoms with Gasteiger partial charge in [-0.2, -0.15) is 0 Å². The Kier molecular flexibility index (Phi) is 7.00. The highest BCUT2D eigenvalue weighted by Gasteiger charge is 2.18. The average Bonchev–Trinajstić information content (AvgIpc) is 2.75. The van der Waals surface area contributed by atoms with Crippen LogP contribution in [-0.4, -0.2) is 37.3 Å². The Morgan fingerprint density at radius 3 is 2.33 bits per heavy atom. The van der Waals surface area contributed by atoms with Gasteiger partial charge < -0.3 is 19.0 Å². The first-order valence-corrected chi connectivity index (χ1v) is 10.3. The van der Waals surface area contributed by atoms with Crippen molar-refractivity contribution < 1.29 is 19.0 Å². The van der Waals surface area contributed by atoms with Crippen LogP contribution in [0.3, 0.4) is 0 Å². The summed E-state index contributed by atoms with van der Waals surface area (Å²) < 4.78 is 16.4. The molecular formula is C24H29NO5. The molecule has 0 atom stereocenters. The predicted molar refractivity (Wildman–Crippen MR) is 119 cm³/mol. The molecule has 0 aliphatic rings. The lowest BCUT2D eigenvalue weighted by molar-refractivity contribution is 0.262. The number of phenols is 1. The van der Waals surface area contributed by atoms with Crippen molar-refractivity contribution in [3.05, 3.63) is 52.4 Å². The van der Waals surface area contributed by atoms with Crippen molar-refractivity contribution in [1.82, 2.24) is 4.90 Å². The second-order valence-electron chi connectivity index (χ2n) is 7.27. The molecule has 3 rings (SSSR count). The van der Waals surface area contributed by atoms with E-state index in [9.17, 15) is 9.90 Å². The summed E-state index contributed by atoms with van der Waals surface area (Å²) in [6, 6.07) is 10.5. The van der Waals surface area contributed by atoms with Crippen LogP contribution < -0.4 is 15.1 Å². The minimum atomic E-state index is -0.477. The number of hydrogen-bond acceptors (Lipinski definition) is 6. The van der Waals surface area contributed by atoms with Crippen LogP contribution in [-0.2, 0) is 6.54 Å². The number of fused-ring (bicyclic) bond motifs is 1. The molecular weight excluding hydrogens is 382 g/mol. The number of nitrogens with zero attached hydrogens (tertiary/aromatic N) is 1. The van der Waals surface area contributed by atoms with Gasteiger partial charge in [0.05, 0.1) is 25.3 Å². The lowest BCUT2D eigenvalue weighted by Crippen LogP contribution is -2.25. The van der Waals surface area contributed by atoms with E-state index >= 15 is 0 Å². The summed E-state index contributed by atoms with van der Waals surface area (Å²) in [5.74, 6) is 1.30. The van der Waals surface area contributed by atoms with Gasteiger partial charge in [0, 0.05) is 23.6 Å². The second-order valence-corrected chi connectivity index (χ2v) is 7.27. The first-order valence-electron chi connectivity index (χ1n) is 10.3. The van der Waals surface area contributed by atoms with Crippen molar-refractivity contribution in [3.8, 4) is 28.4 Å². The quantitative estimate of drug-likeness (QED) is 0.510. The molecule has 0 spiro atoms. The molecule has 0 bridgehead atoms. The highest BCUT2D eigenvalue weighted by molar-refractivity contribution is 5.86. The molecule has 0 saturated carbocycles. The monoisotopic (exact) mass is 411 g/mol. The van der Waals surface area contributed by atoms with Gasteiger partial charge in [-0.1, -0.05) is 13.8 Å². The van der Waals surface area contributed by atoms with Crippen LogP contribution in [0, 0.1) is 0 Å². The van der Waals surface area contributed by atoms with E-state index in [2.05, 4.69) is 18.7 Å². The maximum atomic E-state index is 12.9. The van der Waals surface area contributed by atoms with Crippen molar-refractivity contribution in [3.63, 3.8) is 0 Å². The van der Waals surface area contributed by atoms with E-state index in [4.69, 9.17) is 13.9 Å². The summed E-state index contributed by atoms with van der Waals surface area (Å²) in [6.45, 7) is 6.60. The minimum absolute atomic E-state index is 0.137. The molecule has 30 heavy (non-hydrogen) atoms. The lowest BCUT2D eigenvalue weighted by atomic mass is 10.0. The van der Waals surface area contributed by atoms with Crippen LogP contribution in [0.25, 0.3) is 22.1 Å². The Bertz CT molecular complexity index is 1070. The molecule has 0 saturated heterocycles. The maximum Gasteiger partial charge on any atom is 0.344 e. The molecule has 0 radical (unpaired) electrons. The van der Waals surface area contributed by atoms with E-state index in [1.54, 1.807) is 50.6 Å². The van der Waals surface area contributed by atoms with Gasteiger partial charge in [0.2, 0.25) is 0 Å². The van der Waals surface area contributed by atoms with Gasteiger partial charge in [-0.3, -0.25) is 4.90 Å². The largest absolute Gasteiger partial charge is 0.507 e. The molecule has 6 heteroatoms. The summed E-state index contributed by atoms with van der Waals surface area (Å²) in [5, 5.41) is 11.2. The number of aromatic hydroxyl groups is 1. The van der Waals surface area contributed by atoms with Gasteiger partial charge in [0.25, 0.3) is 0 Å². The summed E-state index contributed by atoms with van der Waals surface area (Å²) in [4.78, 5) is 15.2. The number of rotatable bonds is 9. The van der Waals surface area contributed by atoms with Crippen LogP contribution in [0.5, 0.6) is 17.2 Å². The molecule has 3 aromatic rings. The Morgan fingerprint density at radius 2 is 1.70 bits per heavy atom. The Hall–Kier alpha value is -2.99. The highest BCUT2D eigenvalue weighted by atomic mass is 16.5. The van der Waals surface area contributed by atoms with E-state index in [0.29, 0.717) is 40.3 Å². The Labute approximate surface area is 176 Å². The van der Waals surface area contributed by atoms with E-state index < -0.39 is 5.63 Å². The van der Waals surface area contributed by atoms with Gasteiger partial charge in [0.1, 0.15) is 22.8 Å². The average molecular weight is 411 g/mol. The van der Waals surface area contributed by atoms with Crippen LogP contribution in [0.15, 0.2) is 45.6 Å². The summed E-state index contributed by atoms with van der Waals surface area (Å²) in [5.41, 5.74) is 1.61. The Morgan fingerprint density at radius 1 is 0.967 bits per heavy atom. The molecule has 0 fully saturated rings. The fraction of sp³-hybridized carbons (Fsp3) is 0.375. The van der Waals surface area contributed by atoms with Gasteiger partial charge in [-0.15, -0.1) is 0 Å². The highest BCUT2D eigenvalue weighted by Crippen LogP contribution is 2.35. The third kappa shape index (κ3) is 4.44. The predicted octanol–water partition coefficient (Wildman–Crippen LogP) is 4.80. The molecule has 1 N–H and O–H groups in total. The molecule has 160 valence electrons. The van der Waals surface area contributed by atoms with Crippen molar-refractivity contribution in [2.45, 2.75) is 33.2 Å². The van der Waals surface area contributed by atoms with Crippen LogP contribution >= 0.6 is 0 Å². The van der Waals surface area contributed by atoms with Crippen molar-refractivity contribution in [1.29, 1.82) is 0 Å². The van der Waals surface area contributed by atoms with Crippen molar-refractivity contribution in [2.24, 2.45) is 0 Å². The lowest BCUT2D eigenvalue weighted by Gasteiger charge is -2.22. The smallest absolute Gasteiger partial charge is 0.344 e.